The molecule has 4 aliphatic rings. The van der Waals surface area contributed by atoms with Crippen molar-refractivity contribution in [3.05, 3.63) is 112 Å². The molecule has 8 rings (SSSR count). The van der Waals surface area contributed by atoms with Gasteiger partial charge in [0, 0.05) is 61.9 Å². The van der Waals surface area contributed by atoms with Crippen LogP contribution < -0.4 is 39.9 Å². The highest BCUT2D eigenvalue weighted by Gasteiger charge is 2.31. The Morgan fingerprint density at radius 2 is 1.09 bits per heavy atom. The van der Waals surface area contributed by atoms with Gasteiger partial charge < -0.3 is 39.2 Å². The van der Waals surface area contributed by atoms with E-state index in [1.54, 1.807) is 70.9 Å². The summed E-state index contributed by atoms with van der Waals surface area (Å²) in [5.41, 5.74) is 9.72. The van der Waals surface area contributed by atoms with Crippen LogP contribution >= 0.6 is 0 Å². The van der Waals surface area contributed by atoms with Crippen LogP contribution in [0.15, 0.2) is 84.9 Å². The van der Waals surface area contributed by atoms with Crippen LogP contribution in [-0.2, 0) is 9.53 Å². The summed E-state index contributed by atoms with van der Waals surface area (Å²) in [6.07, 6.45) is 6.77. The first-order chi connectivity index (χ1) is 27.5. The number of halogens is 2. The largest absolute Gasteiger partial charge is 0.627 e. The number of amides is 1. The normalized spacial score (nSPS) is 20.2. The second-order valence-electron chi connectivity index (χ2n) is 15.6. The minimum atomic E-state index is -0.744. The van der Waals surface area contributed by atoms with E-state index < -0.39 is 25.6 Å². The maximum Gasteiger partial charge on any atom is 0.253 e. The van der Waals surface area contributed by atoms with Crippen molar-refractivity contribution < 1.29 is 18.3 Å². The fourth-order valence-electron chi connectivity index (χ4n) is 8.55. The Kier molecular flexibility index (Phi) is 11.1. The molecule has 0 aliphatic carbocycles. The first kappa shape index (κ1) is 39.0. The second-order valence-corrected chi connectivity index (χ2v) is 15.6. The van der Waals surface area contributed by atoms with Crippen LogP contribution in [0.2, 0.25) is 0 Å². The molecule has 1 amide bonds. The summed E-state index contributed by atoms with van der Waals surface area (Å²) >= 11 is 0. The number of nitrogens with one attached hydrogen (secondary N) is 2. The van der Waals surface area contributed by atoms with E-state index in [4.69, 9.17) is 4.74 Å². The highest BCUT2D eigenvalue weighted by atomic mass is 19.1. The maximum atomic E-state index is 16.3. The van der Waals surface area contributed by atoms with Crippen LogP contribution in [0.3, 0.4) is 0 Å². The Morgan fingerprint density at radius 3 is 1.67 bits per heavy atom. The van der Waals surface area contributed by atoms with E-state index >= 15 is 8.78 Å². The number of hydroxylamine groups is 6. The van der Waals surface area contributed by atoms with Crippen molar-refractivity contribution in [1.82, 2.24) is 13.9 Å². The molecule has 4 aliphatic heterocycles. The summed E-state index contributed by atoms with van der Waals surface area (Å²) in [7, 11) is 0. The minimum absolute atomic E-state index is 0.0583. The Bertz CT molecular complexity index is 2040. The smallest absolute Gasteiger partial charge is 0.253 e. The Labute approximate surface area is 331 Å². The van der Waals surface area contributed by atoms with Crippen molar-refractivity contribution in [3.63, 3.8) is 0 Å². The molecule has 2 N–H and O–H groups in total. The highest BCUT2D eigenvalue weighted by molar-refractivity contribution is 5.95. The number of ether oxygens (including phenoxy) is 1. The molecule has 0 aromatic heterocycles. The number of carbonyl (C=O) groups excluding carboxylic acids is 1. The van der Waals surface area contributed by atoms with E-state index in [2.05, 4.69) is 10.9 Å². The van der Waals surface area contributed by atoms with Gasteiger partial charge in [0.05, 0.1) is 74.3 Å². The van der Waals surface area contributed by atoms with Crippen LogP contribution in [0.25, 0.3) is 0 Å². The highest BCUT2D eigenvalue weighted by Crippen LogP contribution is 2.37. The molecule has 4 aromatic rings. The molecule has 0 radical (unpaired) electrons. The summed E-state index contributed by atoms with van der Waals surface area (Å²) in [5.74, 6) is -1.65. The Balaban J connectivity index is 1.20. The molecule has 0 atom stereocenters. The zero-order valence-electron chi connectivity index (χ0n) is 32.1. The number of rotatable bonds is 11. The molecule has 57 heavy (non-hydrogen) atoms. The third-order valence-corrected chi connectivity index (χ3v) is 11.8. The molecule has 4 heterocycles. The molecule has 4 fully saturated rings. The lowest BCUT2D eigenvalue weighted by molar-refractivity contribution is -0.125. The number of benzene rings is 4. The van der Waals surface area contributed by atoms with Crippen molar-refractivity contribution >= 4 is 51.4 Å². The fourth-order valence-corrected chi connectivity index (χ4v) is 8.55. The van der Waals surface area contributed by atoms with Crippen LogP contribution in [0, 0.1) is 27.3 Å². The van der Waals surface area contributed by atoms with Gasteiger partial charge in [-0.25, -0.2) is 8.78 Å². The first-order valence-corrected chi connectivity index (χ1v) is 20.1. The summed E-state index contributed by atoms with van der Waals surface area (Å²) in [4.78, 5) is 13.9. The molecule has 0 saturated carbocycles. The standard InChI is InChI=1S/C42H50F2N8O5/c43-38-29-33(11-19-40(38)47-21-28-57-31-42(47)53)46-48(34-12-17-37(18-13-34)50(54)22-3-1-4-23-50)49(45-32-9-15-36(16-10-32)51(55)24-7-8-25-51)35-14-20-41(39(44)30-35)52(56)26-5-2-6-27-52/h9-20,29-30,45-46H,1-8,21-28,31H2. The van der Waals surface area contributed by atoms with Gasteiger partial charge in [0.15, 0.2) is 11.5 Å². The lowest BCUT2D eigenvalue weighted by atomic mass is 10.1. The molecule has 0 bridgehead atoms. The number of carbonyl (C=O) groups is 1. The first-order valence-electron chi connectivity index (χ1n) is 20.1. The number of nitrogens with zero attached hydrogens (tertiary/aromatic N) is 6. The van der Waals surface area contributed by atoms with Gasteiger partial charge in [-0.05, 0) is 81.0 Å². The molecule has 0 unspecified atom stereocenters. The minimum Gasteiger partial charge on any atom is -0.627 e. The van der Waals surface area contributed by atoms with E-state index in [1.165, 1.54) is 29.2 Å². The molecular weight excluding hydrogens is 735 g/mol. The van der Waals surface area contributed by atoms with E-state index in [-0.39, 0.29) is 37.0 Å². The van der Waals surface area contributed by atoms with Crippen molar-refractivity contribution in [2.45, 2.75) is 51.4 Å². The number of hydrazine groups is 3. The fraction of sp³-hybridized carbons (Fsp3) is 0.405. The maximum absolute atomic E-state index is 16.3. The van der Waals surface area contributed by atoms with Crippen LogP contribution in [0.1, 0.15) is 51.4 Å². The molecule has 15 heteroatoms. The molecule has 13 nitrogen and oxygen atoms in total. The SMILES string of the molecule is O=C1COCCN1c1ccc(NN(c2ccc([N+]3([O-])CCCCC3)cc2)N(Nc2ccc([N+]3([O-])CCCC3)cc2)c2ccc([N+]3([O-])CCCCC3)c(F)c2)cc1F. The van der Waals surface area contributed by atoms with Crippen molar-refractivity contribution in [3.8, 4) is 0 Å². The summed E-state index contributed by atoms with van der Waals surface area (Å²) in [6, 6.07) is 23.2. The Hall–Kier alpha value is -4.87. The van der Waals surface area contributed by atoms with Gasteiger partial charge >= 0.3 is 0 Å². The molecule has 4 saturated heterocycles. The number of piperidine rings is 2. The second kappa shape index (κ2) is 16.2. The van der Waals surface area contributed by atoms with E-state index in [0.29, 0.717) is 86.2 Å². The van der Waals surface area contributed by atoms with Gasteiger partial charge in [0.2, 0.25) is 0 Å². The number of quaternary nitrogens is 3. The molecule has 0 spiro atoms. The van der Waals surface area contributed by atoms with Crippen molar-refractivity contribution in [2.75, 3.05) is 85.0 Å². The van der Waals surface area contributed by atoms with E-state index in [9.17, 15) is 20.4 Å². The Morgan fingerprint density at radius 1 is 0.579 bits per heavy atom. The third kappa shape index (κ3) is 8.14. The quantitative estimate of drug-likeness (QED) is 0.0879. The van der Waals surface area contributed by atoms with Crippen LogP contribution in [0.5, 0.6) is 0 Å². The molecular formula is C42H50F2N8O5. The van der Waals surface area contributed by atoms with Gasteiger partial charge in [-0.2, -0.15) is 10.2 Å². The zero-order chi connectivity index (χ0) is 39.6. The summed E-state index contributed by atoms with van der Waals surface area (Å²) in [5, 5.41) is 44.2. The average molecular weight is 785 g/mol. The van der Waals surface area contributed by atoms with E-state index in [0.717, 1.165) is 38.5 Å². The summed E-state index contributed by atoms with van der Waals surface area (Å²) in [6.45, 7) is 2.94. The number of hydrogen-bond donors (Lipinski definition) is 2. The lowest BCUT2D eigenvalue weighted by Crippen LogP contribution is -2.51. The zero-order valence-corrected chi connectivity index (χ0v) is 32.1. The average Bonchev–Trinajstić information content (AvgIpc) is 3.68. The predicted molar refractivity (Wildman–Crippen MR) is 223 cm³/mol. The topological polar surface area (TPSA) is 129 Å². The van der Waals surface area contributed by atoms with Gasteiger partial charge in [-0.3, -0.25) is 15.6 Å². The van der Waals surface area contributed by atoms with Crippen molar-refractivity contribution in [2.24, 2.45) is 0 Å². The monoisotopic (exact) mass is 784 g/mol. The number of anilines is 5. The third-order valence-electron chi connectivity index (χ3n) is 11.8. The van der Waals surface area contributed by atoms with Crippen molar-refractivity contribution in [1.29, 1.82) is 0 Å². The van der Waals surface area contributed by atoms with Gasteiger partial charge in [-0.15, -0.1) is 0 Å². The van der Waals surface area contributed by atoms with Gasteiger partial charge in [0.1, 0.15) is 23.8 Å². The van der Waals surface area contributed by atoms with E-state index in [1.807, 2.05) is 0 Å². The van der Waals surface area contributed by atoms with Gasteiger partial charge in [-0.1, -0.05) is 0 Å². The van der Waals surface area contributed by atoms with Gasteiger partial charge in [0.25, 0.3) is 5.91 Å². The van der Waals surface area contributed by atoms with Crippen LogP contribution in [0.4, 0.5) is 54.3 Å². The lowest BCUT2D eigenvalue weighted by Gasteiger charge is -2.45. The number of morpholine rings is 1. The summed E-state index contributed by atoms with van der Waals surface area (Å²) < 4.78 is 35.8. The van der Waals surface area contributed by atoms with Crippen LogP contribution in [-0.4, -0.2) is 64.9 Å². The predicted octanol–water partition coefficient (Wildman–Crippen LogP) is 8.19. The number of hydrogen-bond acceptors (Lipinski definition) is 9. The molecule has 302 valence electrons. The molecule has 4 aromatic carbocycles.